The molecule has 0 bridgehead atoms. The summed E-state index contributed by atoms with van der Waals surface area (Å²) < 4.78 is 3.90. The Kier molecular flexibility index (Phi) is 12.4. The molecule has 0 spiro atoms. The number of hydrogen-bond donors (Lipinski definition) is 0. The molecule has 2 aromatic heterocycles. The number of benzene rings is 4. The monoisotopic (exact) mass is 1000 g/mol. The average Bonchev–Trinajstić information content (AvgIpc) is 4.09. The van der Waals surface area contributed by atoms with Crippen LogP contribution in [-0.4, -0.2) is 23.3 Å². The summed E-state index contributed by atoms with van der Waals surface area (Å²) in [7, 11) is -2.52. The van der Waals surface area contributed by atoms with E-state index in [1.54, 1.807) is 40.6 Å². The zero-order chi connectivity index (χ0) is 41.1. The molecule has 59 heavy (non-hydrogen) atoms. The Labute approximate surface area is 366 Å². The molecule has 0 radical (unpaired) electrons. The molecule has 3 heterocycles. The van der Waals surface area contributed by atoms with E-state index in [1.165, 1.54) is 37.3 Å². The first-order chi connectivity index (χ1) is 28.8. The van der Waals surface area contributed by atoms with E-state index in [0.29, 0.717) is 17.7 Å². The van der Waals surface area contributed by atoms with E-state index in [2.05, 4.69) is 157 Å². The van der Waals surface area contributed by atoms with Gasteiger partial charge in [-0.15, -0.1) is 0 Å². The summed E-state index contributed by atoms with van der Waals surface area (Å²) in [4.78, 5) is 34.5. The molecular formula is C52H46NO2OsPS2+. The molecule has 2 aliphatic rings. The summed E-state index contributed by atoms with van der Waals surface area (Å²) in [6, 6.07) is 45.6. The Morgan fingerprint density at radius 1 is 0.712 bits per heavy atom. The number of imide groups is 1. The second kappa shape index (κ2) is 17.8. The van der Waals surface area contributed by atoms with Crippen molar-refractivity contribution < 1.29 is 27.5 Å². The summed E-state index contributed by atoms with van der Waals surface area (Å²) >= 11 is 5.14. The predicted molar refractivity (Wildman–Crippen MR) is 250 cm³/mol. The van der Waals surface area contributed by atoms with E-state index in [9.17, 15) is 9.59 Å². The Hall–Kier alpha value is -4.77. The summed E-state index contributed by atoms with van der Waals surface area (Å²) in [6.07, 6.45) is 12.0. The molecule has 7 heteroatoms. The van der Waals surface area contributed by atoms with Crippen molar-refractivity contribution in [3.63, 3.8) is 0 Å². The van der Waals surface area contributed by atoms with Gasteiger partial charge in [0.2, 0.25) is 0 Å². The summed E-state index contributed by atoms with van der Waals surface area (Å²) in [5.41, 5.74) is 6.56. The van der Waals surface area contributed by atoms with Crippen LogP contribution in [0.15, 0.2) is 162 Å². The van der Waals surface area contributed by atoms with Crippen molar-refractivity contribution in [2.45, 2.75) is 47.0 Å². The van der Waals surface area contributed by atoms with Crippen molar-refractivity contribution in [2.24, 2.45) is 5.92 Å². The van der Waals surface area contributed by atoms with Crippen LogP contribution in [0.2, 0.25) is 0 Å². The molecule has 0 atom stereocenters. The number of fused-ring (bicyclic) bond motifs is 1. The van der Waals surface area contributed by atoms with Gasteiger partial charge in [-0.2, -0.15) is 0 Å². The van der Waals surface area contributed by atoms with Crippen molar-refractivity contribution in [1.29, 1.82) is 0 Å². The third-order valence-corrected chi connectivity index (χ3v) is 18.7. The molecule has 0 N–H and O–H groups in total. The molecule has 2 amide bonds. The standard InChI is InChI=1S/C52H46NO2PS2.Os/c1-6-18-42-27-30-46(57-42)43-28-29-44(50-49(43)51(54)53(52(50)55)34-35(3)4)47-31-32-48(58-47)45(33-38-20-17-19-37(38)7-2)36(5)56(39-21-11-8-12-22-39,40-23-13-9-14-24-40)41-25-15-10-16-26-41;/h6-16,18,21-33,35H,17,19-20,34H2,1-4H3;/q+1;/b18-6+,37-7?,38-33?,45-36?;. The van der Waals surface area contributed by atoms with Gasteiger partial charge in [0.1, 0.15) is 0 Å². The van der Waals surface area contributed by atoms with Gasteiger partial charge in [0.25, 0.3) is 0 Å². The van der Waals surface area contributed by atoms with E-state index >= 15 is 0 Å². The van der Waals surface area contributed by atoms with Crippen LogP contribution in [0.4, 0.5) is 0 Å². The molecular weight excluding hydrogens is 956 g/mol. The average molecular weight is 1000 g/mol. The van der Waals surface area contributed by atoms with E-state index < -0.39 is 7.26 Å². The molecule has 4 aromatic carbocycles. The number of hydrogen-bond acceptors (Lipinski definition) is 4. The fraction of sp³-hybridized carbons (Fsp3) is 0.173. The first-order valence-electron chi connectivity index (χ1n) is 20.2. The van der Waals surface area contributed by atoms with Gasteiger partial charge in [0.05, 0.1) is 0 Å². The summed E-state index contributed by atoms with van der Waals surface area (Å²) in [5, 5.41) is 5.00. The number of amides is 2. The quantitative estimate of drug-likeness (QED) is 0.0958. The van der Waals surface area contributed by atoms with E-state index in [4.69, 9.17) is 0 Å². The maximum atomic E-state index is 14.5. The number of carbonyl (C=O) groups is 2. The first-order valence-corrected chi connectivity index (χ1v) is 24.9. The normalized spacial score (nSPS) is 16.1. The van der Waals surface area contributed by atoms with E-state index in [0.717, 1.165) is 55.5 Å². The minimum atomic E-state index is -2.52. The van der Waals surface area contributed by atoms with Crippen LogP contribution >= 0.6 is 29.9 Å². The fourth-order valence-electron chi connectivity index (χ4n) is 8.52. The van der Waals surface area contributed by atoms with Crippen LogP contribution in [0.1, 0.15) is 77.4 Å². The van der Waals surface area contributed by atoms with Crippen LogP contribution < -0.4 is 15.9 Å². The number of carbonyl (C=O) groups excluding carboxylic acids is 2. The van der Waals surface area contributed by atoms with Gasteiger partial charge in [-0.3, -0.25) is 0 Å². The van der Waals surface area contributed by atoms with Crippen LogP contribution in [0, 0.1) is 10.3 Å². The molecule has 1 saturated carbocycles. The summed E-state index contributed by atoms with van der Waals surface area (Å²) in [6.45, 7) is 8.63. The van der Waals surface area contributed by atoms with Crippen molar-refractivity contribution in [3.8, 4) is 25.3 Å². The number of nitrogens with zero attached hydrogens (tertiary/aromatic N) is 1. The summed E-state index contributed by atoms with van der Waals surface area (Å²) in [5.74, 6) is -0.279. The van der Waals surface area contributed by atoms with Gasteiger partial charge in [-0.05, 0) is 19.1 Å². The molecule has 0 unspecified atom stereocenters. The topological polar surface area (TPSA) is 37.4 Å². The van der Waals surface area contributed by atoms with Gasteiger partial charge >= 0.3 is 326 Å². The third kappa shape index (κ3) is 7.64. The predicted octanol–water partition coefficient (Wildman–Crippen LogP) is 12.7. The van der Waals surface area contributed by atoms with Crippen LogP contribution in [-0.2, 0) is 17.9 Å². The minimum absolute atomic E-state index is 0.141. The number of thiophene rings is 2. The van der Waals surface area contributed by atoms with Gasteiger partial charge in [-0.1, -0.05) is 19.9 Å². The molecule has 1 aliphatic heterocycles. The SMILES string of the molecule is CC=C1CCCC1=CC(=C([C]#[Os])[P+](c1ccccc1)(c1ccccc1)c1ccccc1)c1ccc(-c2ccc(-c3ccc(/C=C/C)s3)c3c2C(=O)N(CC(C)C)C3=O)s1. The molecule has 6 aromatic rings. The van der Waals surface area contributed by atoms with Gasteiger partial charge < -0.3 is 0 Å². The molecule has 0 saturated heterocycles. The zero-order valence-corrected chi connectivity index (χ0v) is 38.8. The van der Waals surface area contributed by atoms with E-state index in [1.807, 2.05) is 26.8 Å². The zero-order valence-electron chi connectivity index (χ0n) is 33.7. The van der Waals surface area contributed by atoms with Gasteiger partial charge in [0, 0.05) is 4.88 Å². The van der Waals surface area contributed by atoms with Gasteiger partial charge in [0.15, 0.2) is 0 Å². The molecule has 8 rings (SSSR count). The van der Waals surface area contributed by atoms with Crippen LogP contribution in [0.3, 0.4) is 0 Å². The number of allylic oxidation sites excluding steroid dienone is 7. The van der Waals surface area contributed by atoms with Crippen molar-refractivity contribution in [1.82, 2.24) is 4.90 Å². The van der Waals surface area contributed by atoms with Crippen molar-refractivity contribution in [2.75, 3.05) is 6.54 Å². The maximum absolute atomic E-state index is 14.5. The number of rotatable bonds is 11. The first kappa shape index (κ1) is 41.0. The Bertz CT molecular complexity index is 2620. The second-order valence-corrected chi connectivity index (χ2v) is 21.4. The molecule has 1 fully saturated rings. The Balaban J connectivity index is 1.40. The molecule has 1 aliphatic carbocycles. The van der Waals surface area contributed by atoms with Crippen molar-refractivity contribution in [3.05, 3.63) is 183 Å². The van der Waals surface area contributed by atoms with E-state index in [-0.39, 0.29) is 17.7 Å². The fourth-order valence-corrected chi connectivity index (χ4v) is 16.5. The van der Waals surface area contributed by atoms with Crippen LogP contribution in [0.25, 0.3) is 32.5 Å². The third-order valence-electron chi connectivity index (χ3n) is 11.1. The second-order valence-electron chi connectivity index (χ2n) is 15.3. The van der Waals surface area contributed by atoms with Crippen LogP contribution in [0.5, 0.6) is 0 Å². The van der Waals surface area contributed by atoms with Crippen molar-refractivity contribution >= 4 is 69.3 Å². The Morgan fingerprint density at radius 3 is 1.75 bits per heavy atom. The van der Waals surface area contributed by atoms with Gasteiger partial charge in [-0.25, -0.2) is 0 Å². The molecule has 3 nitrogen and oxygen atoms in total. The Morgan fingerprint density at radius 2 is 1.24 bits per heavy atom. The molecule has 295 valence electrons.